The molecule has 3 nitrogen and oxygen atoms in total. The molecule has 0 aliphatic carbocycles. The molecule has 88 valence electrons. The van der Waals surface area contributed by atoms with Gasteiger partial charge in [-0.25, -0.2) is 8.42 Å². The quantitative estimate of drug-likeness (QED) is 0.834. The van der Waals surface area contributed by atoms with Crippen LogP contribution in [0.4, 0.5) is 0 Å². The van der Waals surface area contributed by atoms with Crippen LogP contribution in [0.1, 0.15) is 19.4 Å². The zero-order valence-corrected chi connectivity index (χ0v) is 10.7. The number of halogens is 1. The third kappa shape index (κ3) is 3.06. The van der Waals surface area contributed by atoms with Gasteiger partial charge in [0.1, 0.15) is 11.0 Å². The van der Waals surface area contributed by atoms with E-state index in [-0.39, 0.29) is 11.5 Å². The minimum absolute atomic E-state index is 0.201. The molecule has 1 unspecified atom stereocenters. The second-order valence-electron chi connectivity index (χ2n) is 3.65. The van der Waals surface area contributed by atoms with E-state index in [0.717, 1.165) is 0 Å². The van der Waals surface area contributed by atoms with E-state index in [1.54, 1.807) is 24.3 Å². The summed E-state index contributed by atoms with van der Waals surface area (Å²) in [5, 5.41) is -0.578. The van der Waals surface area contributed by atoms with E-state index in [9.17, 15) is 13.2 Å². The molecule has 0 bridgehead atoms. The summed E-state index contributed by atoms with van der Waals surface area (Å²) in [5.74, 6) is -0.556. The Bertz CT molecular complexity index is 494. The highest BCUT2D eigenvalue weighted by Crippen LogP contribution is 2.19. The van der Waals surface area contributed by atoms with E-state index in [0.29, 0.717) is 10.6 Å². The predicted octanol–water partition coefficient (Wildman–Crippen LogP) is 2.23. The van der Waals surface area contributed by atoms with Gasteiger partial charge >= 0.3 is 0 Å². The summed E-state index contributed by atoms with van der Waals surface area (Å²) in [6.07, 6.45) is 0. The van der Waals surface area contributed by atoms with Crippen LogP contribution in [0.25, 0.3) is 0 Å². The summed E-state index contributed by atoms with van der Waals surface area (Å²) in [7, 11) is -3.47. The highest BCUT2D eigenvalue weighted by atomic mass is 35.5. The average Bonchev–Trinajstić information content (AvgIpc) is 2.20. The van der Waals surface area contributed by atoms with Crippen molar-refractivity contribution in [1.82, 2.24) is 0 Å². The summed E-state index contributed by atoms with van der Waals surface area (Å²) < 4.78 is 23.6. The Morgan fingerprint density at radius 3 is 2.44 bits per heavy atom. The fourth-order valence-corrected chi connectivity index (χ4v) is 2.93. The molecule has 1 aromatic carbocycles. The molecule has 0 N–H and O–H groups in total. The molecular weight excluding hydrogens is 248 g/mol. The first kappa shape index (κ1) is 13.2. The summed E-state index contributed by atoms with van der Waals surface area (Å²) in [5.41, 5.74) is 0.525. The zero-order chi connectivity index (χ0) is 12.3. The van der Waals surface area contributed by atoms with Crippen molar-refractivity contribution in [2.75, 3.05) is 0 Å². The van der Waals surface area contributed by atoms with Crippen LogP contribution in [0.5, 0.6) is 0 Å². The monoisotopic (exact) mass is 260 g/mol. The molecule has 0 aliphatic heterocycles. The van der Waals surface area contributed by atoms with Crippen molar-refractivity contribution >= 4 is 27.2 Å². The normalized spacial score (nSPS) is 13.4. The van der Waals surface area contributed by atoms with Crippen molar-refractivity contribution in [3.05, 3.63) is 34.9 Å². The maximum Gasteiger partial charge on any atom is 0.164 e. The molecule has 0 fully saturated rings. The van der Waals surface area contributed by atoms with Crippen molar-refractivity contribution in [3.8, 4) is 0 Å². The Morgan fingerprint density at radius 1 is 1.38 bits per heavy atom. The maximum absolute atomic E-state index is 11.8. The molecule has 0 saturated carbocycles. The van der Waals surface area contributed by atoms with Crippen LogP contribution >= 0.6 is 11.6 Å². The van der Waals surface area contributed by atoms with Crippen LogP contribution < -0.4 is 0 Å². The highest BCUT2D eigenvalue weighted by Gasteiger charge is 2.25. The van der Waals surface area contributed by atoms with Crippen LogP contribution in [-0.2, 0) is 20.4 Å². The summed E-state index contributed by atoms with van der Waals surface area (Å²) in [6.45, 7) is 2.67. The van der Waals surface area contributed by atoms with Crippen LogP contribution in [0, 0.1) is 0 Å². The van der Waals surface area contributed by atoms with Gasteiger partial charge in [-0.1, -0.05) is 29.8 Å². The van der Waals surface area contributed by atoms with Crippen LogP contribution in [0.15, 0.2) is 24.3 Å². The van der Waals surface area contributed by atoms with E-state index in [2.05, 4.69) is 0 Å². The van der Waals surface area contributed by atoms with Gasteiger partial charge in [0.25, 0.3) is 0 Å². The summed E-state index contributed by atoms with van der Waals surface area (Å²) in [6, 6.07) is 6.72. The maximum atomic E-state index is 11.8. The fourth-order valence-electron chi connectivity index (χ4n) is 1.21. The number of hydrogen-bond donors (Lipinski definition) is 0. The molecule has 1 atom stereocenters. The molecule has 0 aromatic heterocycles. The lowest BCUT2D eigenvalue weighted by Gasteiger charge is -2.10. The van der Waals surface area contributed by atoms with Gasteiger partial charge in [-0.05, 0) is 25.5 Å². The van der Waals surface area contributed by atoms with E-state index >= 15 is 0 Å². The molecule has 1 aromatic rings. The Balaban J connectivity index is 2.98. The largest absolute Gasteiger partial charge is 0.299 e. The molecule has 0 saturated heterocycles. The molecule has 1 rings (SSSR count). The number of ketones is 1. The van der Waals surface area contributed by atoms with Crippen LogP contribution in [0.3, 0.4) is 0 Å². The van der Waals surface area contributed by atoms with E-state index in [1.807, 2.05) is 0 Å². The summed E-state index contributed by atoms with van der Waals surface area (Å²) >= 11 is 5.87. The van der Waals surface area contributed by atoms with E-state index < -0.39 is 15.1 Å². The van der Waals surface area contributed by atoms with Gasteiger partial charge in [-0.3, -0.25) is 4.79 Å². The number of carbonyl (C=O) groups is 1. The number of benzene rings is 1. The first-order valence-electron chi connectivity index (χ1n) is 4.80. The minimum Gasteiger partial charge on any atom is -0.299 e. The second-order valence-corrected chi connectivity index (χ2v) is 6.38. The van der Waals surface area contributed by atoms with Crippen molar-refractivity contribution < 1.29 is 13.2 Å². The zero-order valence-electron chi connectivity index (χ0n) is 9.10. The molecule has 0 heterocycles. The predicted molar refractivity (Wildman–Crippen MR) is 64.2 cm³/mol. The molecule has 0 spiro atoms. The van der Waals surface area contributed by atoms with Crippen molar-refractivity contribution in [2.24, 2.45) is 0 Å². The second kappa shape index (κ2) is 4.97. The van der Waals surface area contributed by atoms with Gasteiger partial charge in [0.05, 0.1) is 5.75 Å². The highest BCUT2D eigenvalue weighted by molar-refractivity contribution is 7.92. The number of hydrogen-bond acceptors (Lipinski definition) is 3. The average molecular weight is 261 g/mol. The first-order valence-corrected chi connectivity index (χ1v) is 6.89. The van der Waals surface area contributed by atoms with Crippen LogP contribution in [0.2, 0.25) is 5.02 Å². The van der Waals surface area contributed by atoms with Gasteiger partial charge in [-0.2, -0.15) is 0 Å². The summed E-state index contributed by atoms with van der Waals surface area (Å²) in [4.78, 5) is 11.1. The molecule has 5 heteroatoms. The molecular formula is C11H13ClO3S. The SMILES string of the molecule is CC(=O)C(C)S(=O)(=O)Cc1ccccc1Cl. The standard InChI is InChI=1S/C11H13ClO3S/c1-8(13)9(2)16(14,15)7-10-5-3-4-6-11(10)12/h3-6,9H,7H2,1-2H3. The topological polar surface area (TPSA) is 51.2 Å². The van der Waals surface area contributed by atoms with Gasteiger partial charge < -0.3 is 0 Å². The lowest BCUT2D eigenvalue weighted by molar-refractivity contribution is -0.116. The fraction of sp³-hybridized carbons (Fsp3) is 0.364. The Kier molecular flexibility index (Phi) is 4.10. The Hall–Kier alpha value is -0.870. The van der Waals surface area contributed by atoms with Gasteiger partial charge in [-0.15, -0.1) is 0 Å². The number of rotatable bonds is 4. The van der Waals surface area contributed by atoms with Crippen molar-refractivity contribution in [2.45, 2.75) is 24.9 Å². The lowest BCUT2D eigenvalue weighted by Crippen LogP contribution is -2.26. The lowest BCUT2D eigenvalue weighted by atomic mass is 10.2. The van der Waals surface area contributed by atoms with Gasteiger partial charge in [0.2, 0.25) is 0 Å². The van der Waals surface area contributed by atoms with Crippen molar-refractivity contribution in [1.29, 1.82) is 0 Å². The van der Waals surface area contributed by atoms with Gasteiger partial charge in [0.15, 0.2) is 9.84 Å². The third-order valence-electron chi connectivity index (χ3n) is 2.43. The van der Waals surface area contributed by atoms with E-state index in [1.165, 1.54) is 13.8 Å². The molecule has 0 aliphatic rings. The molecule has 16 heavy (non-hydrogen) atoms. The van der Waals surface area contributed by atoms with Crippen molar-refractivity contribution in [3.63, 3.8) is 0 Å². The first-order chi connectivity index (χ1) is 7.34. The number of Topliss-reactive ketones (excluding diaryl/α,β-unsaturated/α-hetero) is 1. The molecule has 0 amide bonds. The van der Waals surface area contributed by atoms with Crippen LogP contribution in [-0.4, -0.2) is 19.5 Å². The van der Waals surface area contributed by atoms with E-state index in [4.69, 9.17) is 11.6 Å². The van der Waals surface area contributed by atoms with Gasteiger partial charge in [0, 0.05) is 5.02 Å². The Labute approximate surface area is 100 Å². The number of carbonyl (C=O) groups excluding carboxylic acids is 1. The number of sulfone groups is 1. The third-order valence-corrected chi connectivity index (χ3v) is 4.92. The molecule has 0 radical (unpaired) electrons. The Morgan fingerprint density at radius 2 is 1.94 bits per heavy atom. The minimum atomic E-state index is -3.47. The smallest absolute Gasteiger partial charge is 0.164 e.